The Morgan fingerprint density at radius 2 is 2.14 bits per heavy atom. The third-order valence-corrected chi connectivity index (χ3v) is 2.69. The first-order chi connectivity index (χ1) is 6.68. The highest BCUT2D eigenvalue weighted by Gasteiger charge is 2.17. The summed E-state index contributed by atoms with van der Waals surface area (Å²) in [4.78, 5) is 18.0. The van der Waals surface area contributed by atoms with Crippen LogP contribution in [0, 0.1) is 0 Å². The van der Waals surface area contributed by atoms with E-state index in [2.05, 4.69) is 9.97 Å². The zero-order valence-electron chi connectivity index (χ0n) is 8.34. The van der Waals surface area contributed by atoms with Gasteiger partial charge in [-0.2, -0.15) is 4.98 Å². The minimum absolute atomic E-state index is 0.149. The number of hydrogen-bond acceptors (Lipinski definition) is 3. The molecule has 76 valence electrons. The van der Waals surface area contributed by atoms with Gasteiger partial charge < -0.3 is 10.7 Å². The van der Waals surface area contributed by atoms with Gasteiger partial charge in [-0.15, -0.1) is 0 Å². The van der Waals surface area contributed by atoms with E-state index in [4.69, 9.17) is 5.73 Å². The molecule has 1 aliphatic rings. The topological polar surface area (TPSA) is 71.8 Å². The molecule has 1 heterocycles. The van der Waals surface area contributed by atoms with Gasteiger partial charge >= 0.3 is 5.69 Å². The van der Waals surface area contributed by atoms with Crippen LogP contribution >= 0.6 is 0 Å². The fourth-order valence-electron chi connectivity index (χ4n) is 2.04. The summed E-state index contributed by atoms with van der Waals surface area (Å²) in [5.41, 5.74) is 8.52. The number of nitrogens with one attached hydrogen (secondary N) is 1. The van der Waals surface area contributed by atoms with Gasteiger partial charge in [0.1, 0.15) is 0 Å². The van der Waals surface area contributed by atoms with E-state index in [-0.39, 0.29) is 11.7 Å². The molecule has 2 rings (SSSR count). The van der Waals surface area contributed by atoms with E-state index in [0.29, 0.717) is 0 Å². The first-order valence-electron chi connectivity index (χ1n) is 5.06. The van der Waals surface area contributed by atoms with E-state index < -0.39 is 0 Å². The quantitative estimate of drug-likeness (QED) is 0.688. The molecule has 4 nitrogen and oxygen atoms in total. The maximum atomic E-state index is 11.2. The summed E-state index contributed by atoms with van der Waals surface area (Å²) in [6.07, 6.45) is 4.26. The molecular weight excluding hydrogens is 178 g/mol. The maximum Gasteiger partial charge on any atom is 0.345 e. The lowest BCUT2D eigenvalue weighted by atomic mass is 9.93. The standard InChI is InChI=1S/C10H15N3O/c1-6(11)9-7-4-2-3-5-8(7)12-10(14)13-9/h6H,2-5,11H2,1H3,(H,12,13,14)/t6-/m0/s1. The van der Waals surface area contributed by atoms with Gasteiger partial charge in [0, 0.05) is 11.7 Å². The molecule has 0 aliphatic heterocycles. The highest BCUT2D eigenvalue weighted by atomic mass is 16.1. The molecule has 0 bridgehead atoms. The smallest absolute Gasteiger partial charge is 0.323 e. The molecule has 0 radical (unpaired) electrons. The molecule has 1 aromatic rings. The van der Waals surface area contributed by atoms with Crippen LogP contribution < -0.4 is 11.4 Å². The molecule has 1 aromatic heterocycles. The van der Waals surface area contributed by atoms with E-state index >= 15 is 0 Å². The Morgan fingerprint density at radius 3 is 2.86 bits per heavy atom. The van der Waals surface area contributed by atoms with Crippen molar-refractivity contribution in [2.75, 3.05) is 0 Å². The van der Waals surface area contributed by atoms with Crippen LogP contribution in [0.4, 0.5) is 0 Å². The van der Waals surface area contributed by atoms with Crippen LogP contribution in [0.25, 0.3) is 0 Å². The van der Waals surface area contributed by atoms with Crippen LogP contribution in [0.15, 0.2) is 4.79 Å². The Hall–Kier alpha value is -1.16. The monoisotopic (exact) mass is 193 g/mol. The summed E-state index contributed by atoms with van der Waals surface area (Å²) in [5, 5.41) is 0. The Kier molecular flexibility index (Phi) is 2.37. The summed E-state index contributed by atoms with van der Waals surface area (Å²) in [7, 11) is 0. The van der Waals surface area contributed by atoms with Crippen molar-refractivity contribution in [3.63, 3.8) is 0 Å². The Balaban J connectivity index is 2.58. The van der Waals surface area contributed by atoms with Crippen molar-refractivity contribution in [3.8, 4) is 0 Å². The molecular formula is C10H15N3O. The summed E-state index contributed by atoms with van der Waals surface area (Å²) < 4.78 is 0. The van der Waals surface area contributed by atoms with E-state index in [0.717, 1.165) is 30.7 Å². The molecule has 1 aliphatic carbocycles. The molecule has 3 N–H and O–H groups in total. The number of H-pyrrole nitrogens is 1. The second-order valence-corrected chi connectivity index (χ2v) is 3.88. The fourth-order valence-corrected chi connectivity index (χ4v) is 2.04. The van der Waals surface area contributed by atoms with Gasteiger partial charge in [-0.05, 0) is 38.2 Å². The largest absolute Gasteiger partial charge is 0.345 e. The van der Waals surface area contributed by atoms with Gasteiger partial charge in [0.05, 0.1) is 5.69 Å². The molecule has 0 aromatic carbocycles. The number of aryl methyl sites for hydroxylation is 1. The lowest BCUT2D eigenvalue weighted by molar-refractivity contribution is 0.628. The molecule has 14 heavy (non-hydrogen) atoms. The summed E-state index contributed by atoms with van der Waals surface area (Å²) in [6.45, 7) is 1.87. The van der Waals surface area contributed by atoms with Crippen molar-refractivity contribution in [2.45, 2.75) is 38.6 Å². The van der Waals surface area contributed by atoms with Crippen LogP contribution in [-0.2, 0) is 12.8 Å². The summed E-state index contributed by atoms with van der Waals surface area (Å²) in [5.74, 6) is 0. The Bertz CT molecular complexity index is 395. The zero-order chi connectivity index (χ0) is 10.1. The summed E-state index contributed by atoms with van der Waals surface area (Å²) >= 11 is 0. The van der Waals surface area contributed by atoms with E-state index in [9.17, 15) is 4.79 Å². The predicted molar refractivity (Wildman–Crippen MR) is 54.1 cm³/mol. The molecule has 4 heteroatoms. The highest BCUT2D eigenvalue weighted by Crippen LogP contribution is 2.22. The third kappa shape index (κ3) is 1.57. The maximum absolute atomic E-state index is 11.2. The second kappa shape index (κ2) is 3.53. The van der Waals surface area contributed by atoms with E-state index in [1.54, 1.807) is 0 Å². The first kappa shape index (κ1) is 9.40. The zero-order valence-corrected chi connectivity index (χ0v) is 8.34. The van der Waals surface area contributed by atoms with Gasteiger partial charge in [0.15, 0.2) is 0 Å². The number of aromatic nitrogens is 2. The van der Waals surface area contributed by atoms with Crippen molar-refractivity contribution in [1.29, 1.82) is 0 Å². The predicted octanol–water partition coefficient (Wildman–Crippen LogP) is 0.668. The first-order valence-corrected chi connectivity index (χ1v) is 5.06. The van der Waals surface area contributed by atoms with Gasteiger partial charge in [0.2, 0.25) is 0 Å². The Morgan fingerprint density at radius 1 is 1.43 bits per heavy atom. The Labute approximate surface area is 82.6 Å². The van der Waals surface area contributed by atoms with Crippen molar-refractivity contribution >= 4 is 0 Å². The van der Waals surface area contributed by atoms with Gasteiger partial charge in [-0.25, -0.2) is 4.79 Å². The number of hydrogen-bond donors (Lipinski definition) is 2. The van der Waals surface area contributed by atoms with Crippen LogP contribution in [0.3, 0.4) is 0 Å². The van der Waals surface area contributed by atoms with Crippen molar-refractivity contribution in [2.24, 2.45) is 5.73 Å². The minimum atomic E-state index is -0.266. The number of rotatable bonds is 1. The number of fused-ring (bicyclic) bond motifs is 1. The number of aromatic amines is 1. The van der Waals surface area contributed by atoms with Crippen molar-refractivity contribution < 1.29 is 0 Å². The van der Waals surface area contributed by atoms with Crippen LogP contribution in [0.1, 0.15) is 42.8 Å². The highest BCUT2D eigenvalue weighted by molar-refractivity contribution is 5.28. The average Bonchev–Trinajstić information content (AvgIpc) is 2.16. The fraction of sp³-hybridized carbons (Fsp3) is 0.600. The van der Waals surface area contributed by atoms with Crippen molar-refractivity contribution in [3.05, 3.63) is 27.4 Å². The molecule has 0 saturated carbocycles. The minimum Gasteiger partial charge on any atom is -0.323 e. The van der Waals surface area contributed by atoms with Gasteiger partial charge in [0.25, 0.3) is 0 Å². The lowest BCUT2D eigenvalue weighted by Gasteiger charge is -2.19. The third-order valence-electron chi connectivity index (χ3n) is 2.69. The second-order valence-electron chi connectivity index (χ2n) is 3.88. The van der Waals surface area contributed by atoms with E-state index in [1.165, 1.54) is 12.0 Å². The van der Waals surface area contributed by atoms with Crippen LogP contribution in [0.2, 0.25) is 0 Å². The van der Waals surface area contributed by atoms with Crippen LogP contribution in [-0.4, -0.2) is 9.97 Å². The summed E-state index contributed by atoms with van der Waals surface area (Å²) in [6, 6.07) is -0.149. The van der Waals surface area contributed by atoms with E-state index in [1.807, 2.05) is 6.92 Å². The van der Waals surface area contributed by atoms with Gasteiger partial charge in [-0.3, -0.25) is 0 Å². The molecule has 0 saturated heterocycles. The average molecular weight is 193 g/mol. The van der Waals surface area contributed by atoms with Gasteiger partial charge in [-0.1, -0.05) is 0 Å². The SMILES string of the molecule is C[C@H](N)c1nc(=O)[nH]c2c1CCCC2. The molecule has 0 fully saturated rings. The molecule has 0 unspecified atom stereocenters. The molecule has 1 atom stereocenters. The number of nitrogens with zero attached hydrogens (tertiary/aromatic N) is 1. The van der Waals surface area contributed by atoms with Crippen LogP contribution in [0.5, 0.6) is 0 Å². The molecule has 0 spiro atoms. The molecule has 0 amide bonds. The number of nitrogens with two attached hydrogens (primary N) is 1. The normalized spacial score (nSPS) is 17.6. The van der Waals surface area contributed by atoms with Crippen molar-refractivity contribution in [1.82, 2.24) is 9.97 Å². The lowest BCUT2D eigenvalue weighted by Crippen LogP contribution is -2.24.